The summed E-state index contributed by atoms with van der Waals surface area (Å²) in [4.78, 5) is 0. The van der Waals surface area contributed by atoms with E-state index in [1.807, 2.05) is 0 Å². The third-order valence-corrected chi connectivity index (χ3v) is 5.19. The summed E-state index contributed by atoms with van der Waals surface area (Å²) in [5.41, 5.74) is 7.52. The second-order valence-corrected chi connectivity index (χ2v) is 6.93. The molecule has 1 unspecified atom stereocenters. The van der Waals surface area contributed by atoms with Crippen molar-refractivity contribution in [3.8, 4) is 0 Å². The Morgan fingerprint density at radius 1 is 1.10 bits per heavy atom. The molecule has 1 aromatic rings. The van der Waals surface area contributed by atoms with Crippen LogP contribution in [0.4, 0.5) is 0 Å². The Labute approximate surface area is 122 Å². The van der Waals surface area contributed by atoms with Gasteiger partial charge in [-0.15, -0.1) is 0 Å². The third kappa shape index (κ3) is 3.63. The lowest BCUT2D eigenvalue weighted by Crippen LogP contribution is -2.25. The zero-order valence-corrected chi connectivity index (χ0v) is 12.6. The van der Waals surface area contributed by atoms with Gasteiger partial charge in [0.25, 0.3) is 0 Å². The van der Waals surface area contributed by atoms with E-state index in [0.717, 1.165) is 12.3 Å². The molecule has 0 bridgehead atoms. The van der Waals surface area contributed by atoms with Crippen molar-refractivity contribution in [3.63, 3.8) is 0 Å². The Morgan fingerprint density at radius 3 is 2.55 bits per heavy atom. The van der Waals surface area contributed by atoms with Gasteiger partial charge in [-0.3, -0.25) is 4.68 Å². The van der Waals surface area contributed by atoms with E-state index in [1.165, 1.54) is 69.9 Å². The molecule has 2 saturated carbocycles. The number of aromatic nitrogens is 2. The van der Waals surface area contributed by atoms with Gasteiger partial charge in [0, 0.05) is 18.7 Å². The smallest absolute Gasteiger partial charge is 0.0640 e. The van der Waals surface area contributed by atoms with Gasteiger partial charge >= 0.3 is 0 Å². The van der Waals surface area contributed by atoms with Crippen molar-refractivity contribution < 1.29 is 0 Å². The van der Waals surface area contributed by atoms with E-state index < -0.39 is 0 Å². The van der Waals surface area contributed by atoms with E-state index in [0.29, 0.717) is 12.1 Å². The number of nitrogens with two attached hydrogens (primary N) is 1. The predicted octanol–water partition coefficient (Wildman–Crippen LogP) is 3.84. The van der Waals surface area contributed by atoms with Gasteiger partial charge in [0.1, 0.15) is 0 Å². The summed E-state index contributed by atoms with van der Waals surface area (Å²) in [5.74, 6) is 0.880. The van der Waals surface area contributed by atoms with Crippen LogP contribution >= 0.6 is 0 Å². The molecule has 112 valence electrons. The molecule has 0 spiro atoms. The minimum Gasteiger partial charge on any atom is -0.327 e. The fourth-order valence-corrected chi connectivity index (χ4v) is 4.06. The fourth-order valence-electron chi connectivity index (χ4n) is 4.06. The van der Waals surface area contributed by atoms with Crippen molar-refractivity contribution in [1.82, 2.24) is 9.78 Å². The fraction of sp³-hybridized carbons (Fsp3) is 0.824. The first-order valence-electron chi connectivity index (χ1n) is 8.61. The molecule has 0 aliphatic heterocycles. The van der Waals surface area contributed by atoms with Crippen LogP contribution < -0.4 is 5.73 Å². The number of hydrogen-bond donors (Lipinski definition) is 1. The van der Waals surface area contributed by atoms with Crippen LogP contribution in [0.2, 0.25) is 0 Å². The molecule has 1 atom stereocenters. The second-order valence-electron chi connectivity index (χ2n) is 6.93. The Hall–Kier alpha value is -0.830. The van der Waals surface area contributed by atoms with Gasteiger partial charge in [-0.05, 0) is 31.2 Å². The van der Waals surface area contributed by atoms with Gasteiger partial charge in [-0.25, -0.2) is 0 Å². The Kier molecular flexibility index (Phi) is 4.77. The summed E-state index contributed by atoms with van der Waals surface area (Å²) >= 11 is 0. The highest BCUT2D eigenvalue weighted by Crippen LogP contribution is 2.29. The van der Waals surface area contributed by atoms with E-state index >= 15 is 0 Å². The zero-order valence-electron chi connectivity index (χ0n) is 12.6. The molecule has 3 heteroatoms. The normalized spacial score (nSPS) is 23.2. The monoisotopic (exact) mass is 275 g/mol. The summed E-state index contributed by atoms with van der Waals surface area (Å²) in [6.07, 6.45) is 16.7. The molecule has 3 rings (SSSR count). The van der Waals surface area contributed by atoms with Crippen LogP contribution in [-0.4, -0.2) is 15.8 Å². The molecule has 2 aliphatic rings. The third-order valence-electron chi connectivity index (χ3n) is 5.19. The van der Waals surface area contributed by atoms with Crippen molar-refractivity contribution in [2.45, 2.75) is 82.7 Å². The van der Waals surface area contributed by atoms with Crippen LogP contribution in [0.1, 0.15) is 75.9 Å². The minimum atomic E-state index is 0.299. The quantitative estimate of drug-likeness (QED) is 0.887. The van der Waals surface area contributed by atoms with E-state index in [-0.39, 0.29) is 0 Å². The molecule has 2 N–H and O–H groups in total. The van der Waals surface area contributed by atoms with Crippen molar-refractivity contribution >= 4 is 0 Å². The molecule has 1 aromatic heterocycles. The number of rotatable bonds is 5. The lowest BCUT2D eigenvalue weighted by molar-refractivity contribution is 0.327. The van der Waals surface area contributed by atoms with Crippen LogP contribution in [0.5, 0.6) is 0 Å². The van der Waals surface area contributed by atoms with Crippen LogP contribution in [0.15, 0.2) is 12.3 Å². The highest BCUT2D eigenvalue weighted by Gasteiger charge is 2.20. The average Bonchev–Trinajstić information content (AvgIpc) is 3.11. The molecule has 2 aliphatic carbocycles. The zero-order chi connectivity index (χ0) is 13.8. The molecular formula is C17H29N3. The standard InChI is InChI=1S/C17H29N3/c18-15(12-14-6-4-5-7-14)13-16-10-11-20(19-16)17-8-2-1-3-9-17/h10-11,14-15,17H,1-9,12-13,18H2. The maximum absolute atomic E-state index is 6.32. The molecular weight excluding hydrogens is 246 g/mol. The summed E-state index contributed by atoms with van der Waals surface area (Å²) in [7, 11) is 0. The summed E-state index contributed by atoms with van der Waals surface area (Å²) < 4.78 is 2.21. The highest BCUT2D eigenvalue weighted by molar-refractivity contribution is 5.02. The highest BCUT2D eigenvalue weighted by atomic mass is 15.3. The first-order chi connectivity index (χ1) is 9.81. The van der Waals surface area contributed by atoms with Crippen molar-refractivity contribution in [3.05, 3.63) is 18.0 Å². The largest absolute Gasteiger partial charge is 0.327 e. The van der Waals surface area contributed by atoms with Crippen LogP contribution in [0.25, 0.3) is 0 Å². The Bertz CT molecular complexity index is 400. The average molecular weight is 275 g/mol. The number of nitrogens with zero attached hydrogens (tertiary/aromatic N) is 2. The maximum atomic E-state index is 6.32. The van der Waals surface area contributed by atoms with E-state index in [1.54, 1.807) is 0 Å². The van der Waals surface area contributed by atoms with Crippen LogP contribution in [-0.2, 0) is 6.42 Å². The first-order valence-corrected chi connectivity index (χ1v) is 8.61. The summed E-state index contributed by atoms with van der Waals surface area (Å²) in [6, 6.07) is 3.12. The van der Waals surface area contributed by atoms with Crippen LogP contribution in [0.3, 0.4) is 0 Å². The minimum absolute atomic E-state index is 0.299. The maximum Gasteiger partial charge on any atom is 0.0640 e. The Balaban J connectivity index is 1.50. The topological polar surface area (TPSA) is 43.8 Å². The van der Waals surface area contributed by atoms with Crippen LogP contribution in [0, 0.1) is 5.92 Å². The Morgan fingerprint density at radius 2 is 1.80 bits per heavy atom. The SMILES string of the molecule is NC(Cc1ccn(C2CCCCC2)n1)CC1CCCC1. The van der Waals surface area contributed by atoms with Gasteiger partial charge < -0.3 is 5.73 Å². The molecule has 3 nitrogen and oxygen atoms in total. The van der Waals surface area contributed by atoms with E-state index in [4.69, 9.17) is 10.8 Å². The predicted molar refractivity (Wildman–Crippen MR) is 82.6 cm³/mol. The van der Waals surface area contributed by atoms with Crippen molar-refractivity contribution in [2.24, 2.45) is 11.7 Å². The molecule has 0 saturated heterocycles. The lowest BCUT2D eigenvalue weighted by atomic mass is 9.96. The second kappa shape index (κ2) is 6.75. The van der Waals surface area contributed by atoms with E-state index in [9.17, 15) is 0 Å². The molecule has 2 fully saturated rings. The van der Waals surface area contributed by atoms with Gasteiger partial charge in [-0.1, -0.05) is 44.9 Å². The van der Waals surface area contributed by atoms with Gasteiger partial charge in [0.15, 0.2) is 0 Å². The number of hydrogen-bond acceptors (Lipinski definition) is 2. The van der Waals surface area contributed by atoms with Crippen molar-refractivity contribution in [1.29, 1.82) is 0 Å². The van der Waals surface area contributed by atoms with Gasteiger partial charge in [0.2, 0.25) is 0 Å². The molecule has 1 heterocycles. The molecule has 20 heavy (non-hydrogen) atoms. The van der Waals surface area contributed by atoms with E-state index in [2.05, 4.69) is 16.9 Å². The lowest BCUT2D eigenvalue weighted by Gasteiger charge is -2.22. The van der Waals surface area contributed by atoms with Gasteiger partial charge in [0.05, 0.1) is 11.7 Å². The van der Waals surface area contributed by atoms with Gasteiger partial charge in [-0.2, -0.15) is 5.10 Å². The summed E-state index contributed by atoms with van der Waals surface area (Å²) in [5, 5.41) is 4.79. The molecule has 0 amide bonds. The van der Waals surface area contributed by atoms with Crippen molar-refractivity contribution in [2.75, 3.05) is 0 Å². The molecule has 0 radical (unpaired) electrons. The molecule has 0 aromatic carbocycles. The summed E-state index contributed by atoms with van der Waals surface area (Å²) in [6.45, 7) is 0. The first kappa shape index (κ1) is 14.1.